The molecule has 1 aliphatic rings. The number of halogens is 3. The van der Waals surface area contributed by atoms with Gasteiger partial charge >= 0.3 is 6.61 Å². The minimum atomic E-state index is -2.80. The zero-order valence-electron chi connectivity index (χ0n) is 13.1. The average molecular weight is 356 g/mol. The maximum atomic E-state index is 12.3. The number of hydrogen-bond donors (Lipinski definition) is 1. The Labute approximate surface area is 146 Å². The smallest absolute Gasteiger partial charge is 0.387 e. The van der Waals surface area contributed by atoms with E-state index in [9.17, 15) is 8.78 Å². The van der Waals surface area contributed by atoms with Gasteiger partial charge in [-0.15, -0.1) is 12.4 Å². The molecule has 1 unspecified atom stereocenters. The van der Waals surface area contributed by atoms with E-state index in [2.05, 4.69) is 19.9 Å². The zero-order valence-corrected chi connectivity index (χ0v) is 13.9. The van der Waals surface area contributed by atoms with E-state index < -0.39 is 6.61 Å². The van der Waals surface area contributed by atoms with Crippen molar-refractivity contribution in [3.63, 3.8) is 0 Å². The number of nitrogens with one attached hydrogen (secondary N) is 1. The highest BCUT2D eigenvalue weighted by molar-refractivity contribution is 5.85. The summed E-state index contributed by atoms with van der Waals surface area (Å²) < 4.78 is 29.2. The summed E-state index contributed by atoms with van der Waals surface area (Å²) in [5.74, 6) is 0.202. The van der Waals surface area contributed by atoms with Gasteiger partial charge in [-0.05, 0) is 35.4 Å². The molecule has 3 rings (SSSR count). The first-order valence-corrected chi connectivity index (χ1v) is 7.61. The summed E-state index contributed by atoms with van der Waals surface area (Å²) >= 11 is 0. The Hall–Kier alpha value is -1.76. The number of aromatic nitrogens is 1. The van der Waals surface area contributed by atoms with E-state index in [1.54, 1.807) is 30.6 Å². The molecule has 1 saturated heterocycles. The molecule has 0 spiro atoms. The molecule has 24 heavy (non-hydrogen) atoms. The van der Waals surface area contributed by atoms with Gasteiger partial charge in [0.1, 0.15) is 5.75 Å². The number of alkyl halides is 2. The van der Waals surface area contributed by atoms with E-state index >= 15 is 0 Å². The second-order valence-corrected chi connectivity index (χ2v) is 5.50. The maximum Gasteiger partial charge on any atom is 0.387 e. The predicted octanol–water partition coefficient (Wildman–Crippen LogP) is 3.25. The van der Waals surface area contributed by atoms with E-state index in [0.29, 0.717) is 6.54 Å². The molecule has 2 heterocycles. The Balaban J connectivity index is 0.00000208. The lowest BCUT2D eigenvalue weighted by Gasteiger charge is -2.36. The van der Waals surface area contributed by atoms with Crippen LogP contribution in [0.1, 0.15) is 17.2 Å². The molecule has 1 aromatic carbocycles. The van der Waals surface area contributed by atoms with Crippen LogP contribution in [0.3, 0.4) is 0 Å². The quantitative estimate of drug-likeness (QED) is 0.893. The van der Waals surface area contributed by atoms with Crippen molar-refractivity contribution in [3.05, 3.63) is 59.9 Å². The van der Waals surface area contributed by atoms with Gasteiger partial charge < -0.3 is 10.1 Å². The Kier molecular flexibility index (Phi) is 6.90. The molecule has 4 nitrogen and oxygen atoms in total. The fraction of sp³-hybridized carbons (Fsp3) is 0.353. The number of rotatable bonds is 5. The topological polar surface area (TPSA) is 37.4 Å². The van der Waals surface area contributed by atoms with Crippen molar-refractivity contribution >= 4 is 12.4 Å². The van der Waals surface area contributed by atoms with Gasteiger partial charge in [-0.3, -0.25) is 9.88 Å². The highest BCUT2D eigenvalue weighted by Gasteiger charge is 2.23. The standard InChI is InChI=1S/C17H19F2N3O.ClH/c18-17(19)23-15-3-1-2-13(10-15)12-22-9-8-21-11-16(22)14-4-6-20-7-5-14;/h1-7,10,16-17,21H,8-9,11-12H2;1H. The summed E-state index contributed by atoms with van der Waals surface area (Å²) in [5.41, 5.74) is 2.16. The van der Waals surface area contributed by atoms with Crippen molar-refractivity contribution in [2.24, 2.45) is 0 Å². The Morgan fingerprint density at radius 3 is 2.79 bits per heavy atom. The Morgan fingerprint density at radius 2 is 2.04 bits per heavy atom. The van der Waals surface area contributed by atoms with Crippen LogP contribution >= 0.6 is 12.4 Å². The fourth-order valence-corrected chi connectivity index (χ4v) is 2.90. The molecule has 1 N–H and O–H groups in total. The minimum absolute atomic E-state index is 0. The van der Waals surface area contributed by atoms with Crippen LogP contribution < -0.4 is 10.1 Å². The molecule has 1 aromatic heterocycles. The maximum absolute atomic E-state index is 12.3. The van der Waals surface area contributed by atoms with Crippen LogP contribution in [-0.4, -0.2) is 36.1 Å². The fourth-order valence-electron chi connectivity index (χ4n) is 2.90. The van der Waals surface area contributed by atoms with Crippen molar-refractivity contribution < 1.29 is 13.5 Å². The second-order valence-electron chi connectivity index (χ2n) is 5.50. The van der Waals surface area contributed by atoms with Gasteiger partial charge in [-0.2, -0.15) is 8.78 Å². The van der Waals surface area contributed by atoms with E-state index in [0.717, 1.165) is 25.2 Å². The zero-order chi connectivity index (χ0) is 16.1. The molecule has 1 fully saturated rings. The summed E-state index contributed by atoms with van der Waals surface area (Å²) in [4.78, 5) is 6.40. The molecule has 2 aromatic rings. The summed E-state index contributed by atoms with van der Waals surface area (Å²) in [7, 11) is 0. The number of piperazine rings is 1. The van der Waals surface area contributed by atoms with Crippen LogP contribution in [-0.2, 0) is 6.54 Å². The molecular weight excluding hydrogens is 336 g/mol. The van der Waals surface area contributed by atoms with Gasteiger partial charge in [0.25, 0.3) is 0 Å². The van der Waals surface area contributed by atoms with Crippen molar-refractivity contribution in [2.45, 2.75) is 19.2 Å². The Morgan fingerprint density at radius 1 is 1.25 bits per heavy atom. The summed E-state index contributed by atoms with van der Waals surface area (Å²) in [5, 5.41) is 3.40. The molecule has 0 saturated carbocycles. The third-order valence-electron chi connectivity index (χ3n) is 3.95. The van der Waals surface area contributed by atoms with Crippen molar-refractivity contribution in [2.75, 3.05) is 19.6 Å². The van der Waals surface area contributed by atoms with Crippen LogP contribution in [0.15, 0.2) is 48.8 Å². The SMILES string of the molecule is Cl.FC(F)Oc1cccc(CN2CCNCC2c2ccncc2)c1. The highest BCUT2D eigenvalue weighted by Crippen LogP contribution is 2.25. The normalized spacial score (nSPS) is 18.2. The first kappa shape index (κ1) is 18.6. The third-order valence-corrected chi connectivity index (χ3v) is 3.95. The summed E-state index contributed by atoms with van der Waals surface area (Å²) in [6, 6.07) is 11.2. The van der Waals surface area contributed by atoms with Gasteiger partial charge in [0, 0.05) is 44.6 Å². The molecule has 0 radical (unpaired) electrons. The number of nitrogens with zero attached hydrogens (tertiary/aromatic N) is 2. The molecular formula is C17H20ClF2N3O. The molecule has 7 heteroatoms. The first-order chi connectivity index (χ1) is 11.2. The van der Waals surface area contributed by atoms with Crippen LogP contribution in [0.2, 0.25) is 0 Å². The monoisotopic (exact) mass is 355 g/mol. The van der Waals surface area contributed by atoms with Crippen LogP contribution in [0.5, 0.6) is 5.75 Å². The molecule has 1 aliphatic heterocycles. The van der Waals surface area contributed by atoms with E-state index in [1.165, 1.54) is 5.56 Å². The molecule has 1 atom stereocenters. The lowest BCUT2D eigenvalue weighted by molar-refractivity contribution is -0.0499. The number of ether oxygens (including phenoxy) is 1. The van der Waals surface area contributed by atoms with E-state index in [4.69, 9.17) is 0 Å². The average Bonchev–Trinajstić information content (AvgIpc) is 2.56. The molecule has 0 bridgehead atoms. The minimum Gasteiger partial charge on any atom is -0.435 e. The van der Waals surface area contributed by atoms with Gasteiger partial charge in [0.05, 0.1) is 0 Å². The van der Waals surface area contributed by atoms with E-state index in [-0.39, 0.29) is 24.2 Å². The predicted molar refractivity (Wildman–Crippen MR) is 90.6 cm³/mol. The van der Waals surface area contributed by atoms with Crippen molar-refractivity contribution in [1.82, 2.24) is 15.2 Å². The number of hydrogen-bond acceptors (Lipinski definition) is 4. The third kappa shape index (κ3) is 4.87. The molecule has 130 valence electrons. The van der Waals surface area contributed by atoms with Crippen LogP contribution in [0.25, 0.3) is 0 Å². The molecule has 0 aliphatic carbocycles. The number of pyridine rings is 1. The lowest BCUT2D eigenvalue weighted by Crippen LogP contribution is -2.45. The van der Waals surface area contributed by atoms with Gasteiger partial charge in [0.2, 0.25) is 0 Å². The van der Waals surface area contributed by atoms with Crippen molar-refractivity contribution in [1.29, 1.82) is 0 Å². The summed E-state index contributed by atoms with van der Waals surface area (Å²) in [6.45, 7) is 0.558. The molecule has 0 amide bonds. The highest BCUT2D eigenvalue weighted by atomic mass is 35.5. The Bertz CT molecular complexity index is 630. The lowest BCUT2D eigenvalue weighted by atomic mass is 10.0. The van der Waals surface area contributed by atoms with Crippen molar-refractivity contribution in [3.8, 4) is 5.75 Å². The van der Waals surface area contributed by atoms with Gasteiger partial charge in [-0.25, -0.2) is 0 Å². The number of benzene rings is 1. The second kappa shape index (κ2) is 8.92. The summed E-state index contributed by atoms with van der Waals surface area (Å²) in [6.07, 6.45) is 3.58. The van der Waals surface area contributed by atoms with Gasteiger partial charge in [-0.1, -0.05) is 12.1 Å². The van der Waals surface area contributed by atoms with Gasteiger partial charge in [0.15, 0.2) is 0 Å². The first-order valence-electron chi connectivity index (χ1n) is 7.61. The van der Waals surface area contributed by atoms with Crippen LogP contribution in [0, 0.1) is 0 Å². The largest absolute Gasteiger partial charge is 0.435 e. The van der Waals surface area contributed by atoms with E-state index in [1.807, 2.05) is 18.2 Å². The van der Waals surface area contributed by atoms with Crippen LogP contribution in [0.4, 0.5) is 8.78 Å².